The standard InChI is InChI=1S/C9H17N3O2/c1-4-10-7(3)9-11-8(12-14-9)6-13-5-2/h7,10H,4-6H2,1-3H3. The molecule has 14 heavy (non-hydrogen) atoms. The molecule has 80 valence electrons. The molecular weight excluding hydrogens is 182 g/mol. The monoisotopic (exact) mass is 199 g/mol. The van der Waals surface area contributed by atoms with Crippen LogP contribution in [-0.2, 0) is 11.3 Å². The lowest BCUT2D eigenvalue weighted by Gasteiger charge is -2.04. The highest BCUT2D eigenvalue weighted by atomic mass is 16.5. The van der Waals surface area contributed by atoms with Crippen LogP contribution in [0.2, 0.25) is 0 Å². The summed E-state index contributed by atoms with van der Waals surface area (Å²) in [6.07, 6.45) is 0. The number of nitrogens with one attached hydrogen (secondary N) is 1. The second-order valence-electron chi connectivity index (χ2n) is 2.97. The van der Waals surface area contributed by atoms with Crippen molar-refractivity contribution in [2.24, 2.45) is 0 Å². The second-order valence-corrected chi connectivity index (χ2v) is 2.97. The summed E-state index contributed by atoms with van der Waals surface area (Å²) in [6.45, 7) is 7.91. The van der Waals surface area contributed by atoms with Crippen molar-refractivity contribution in [3.8, 4) is 0 Å². The van der Waals surface area contributed by atoms with Gasteiger partial charge in [-0.15, -0.1) is 0 Å². The first-order chi connectivity index (χ1) is 6.77. The molecule has 5 heteroatoms. The fourth-order valence-electron chi connectivity index (χ4n) is 1.09. The molecule has 1 N–H and O–H groups in total. The normalized spacial score (nSPS) is 13.1. The van der Waals surface area contributed by atoms with Gasteiger partial charge in [-0.3, -0.25) is 0 Å². The Morgan fingerprint density at radius 2 is 2.29 bits per heavy atom. The molecule has 0 saturated heterocycles. The van der Waals surface area contributed by atoms with E-state index < -0.39 is 0 Å². The van der Waals surface area contributed by atoms with Gasteiger partial charge in [0.05, 0.1) is 6.04 Å². The number of nitrogens with zero attached hydrogens (tertiary/aromatic N) is 2. The molecule has 0 aliphatic heterocycles. The van der Waals surface area contributed by atoms with Crippen LogP contribution in [0.3, 0.4) is 0 Å². The third kappa shape index (κ3) is 3.08. The van der Waals surface area contributed by atoms with Crippen molar-refractivity contribution in [1.29, 1.82) is 0 Å². The summed E-state index contributed by atoms with van der Waals surface area (Å²) in [4.78, 5) is 4.20. The minimum atomic E-state index is 0.0999. The van der Waals surface area contributed by atoms with Gasteiger partial charge in [-0.25, -0.2) is 0 Å². The zero-order valence-electron chi connectivity index (χ0n) is 8.91. The van der Waals surface area contributed by atoms with E-state index in [2.05, 4.69) is 15.5 Å². The maximum Gasteiger partial charge on any atom is 0.243 e. The molecule has 1 heterocycles. The van der Waals surface area contributed by atoms with Gasteiger partial charge in [0, 0.05) is 6.61 Å². The van der Waals surface area contributed by atoms with Crippen molar-refractivity contribution in [3.05, 3.63) is 11.7 Å². The van der Waals surface area contributed by atoms with E-state index in [0.717, 1.165) is 6.54 Å². The number of hydrogen-bond donors (Lipinski definition) is 1. The third-order valence-electron chi connectivity index (χ3n) is 1.80. The van der Waals surface area contributed by atoms with Gasteiger partial charge in [-0.05, 0) is 20.4 Å². The predicted octanol–water partition coefficient (Wildman–Crippen LogP) is 1.28. The molecule has 0 radical (unpaired) electrons. The molecule has 0 fully saturated rings. The first kappa shape index (κ1) is 11.1. The predicted molar refractivity (Wildman–Crippen MR) is 51.7 cm³/mol. The Hall–Kier alpha value is -0.940. The number of aromatic nitrogens is 2. The smallest absolute Gasteiger partial charge is 0.243 e. The van der Waals surface area contributed by atoms with Crippen LogP contribution in [0.4, 0.5) is 0 Å². The molecule has 0 bridgehead atoms. The summed E-state index contributed by atoms with van der Waals surface area (Å²) in [5.74, 6) is 1.22. The van der Waals surface area contributed by atoms with Crippen molar-refractivity contribution < 1.29 is 9.26 Å². The zero-order chi connectivity index (χ0) is 10.4. The molecule has 0 aliphatic rings. The molecule has 0 aliphatic carbocycles. The van der Waals surface area contributed by atoms with Crippen LogP contribution in [0.1, 0.15) is 38.5 Å². The van der Waals surface area contributed by atoms with Crippen LogP contribution in [0.25, 0.3) is 0 Å². The SMILES string of the molecule is CCNC(C)c1nc(COCC)no1. The Balaban J connectivity index is 2.49. The fraction of sp³-hybridized carbons (Fsp3) is 0.778. The van der Waals surface area contributed by atoms with Gasteiger partial charge in [-0.1, -0.05) is 12.1 Å². The van der Waals surface area contributed by atoms with Crippen LogP contribution in [0.5, 0.6) is 0 Å². The van der Waals surface area contributed by atoms with Crippen molar-refractivity contribution in [2.45, 2.75) is 33.4 Å². The van der Waals surface area contributed by atoms with Crippen molar-refractivity contribution in [3.63, 3.8) is 0 Å². The number of rotatable bonds is 6. The van der Waals surface area contributed by atoms with Gasteiger partial charge >= 0.3 is 0 Å². The van der Waals surface area contributed by atoms with Crippen LogP contribution < -0.4 is 5.32 Å². The van der Waals surface area contributed by atoms with Crippen molar-refractivity contribution in [1.82, 2.24) is 15.5 Å². The Morgan fingerprint density at radius 1 is 1.50 bits per heavy atom. The highest BCUT2D eigenvalue weighted by molar-refractivity contribution is 4.89. The topological polar surface area (TPSA) is 60.2 Å². The summed E-state index contributed by atoms with van der Waals surface area (Å²) in [6, 6.07) is 0.0999. The third-order valence-corrected chi connectivity index (χ3v) is 1.80. The quantitative estimate of drug-likeness (QED) is 0.747. The van der Waals surface area contributed by atoms with Gasteiger partial charge in [0.1, 0.15) is 6.61 Å². The molecule has 0 aromatic carbocycles. The molecule has 1 rings (SSSR count). The van der Waals surface area contributed by atoms with Crippen LogP contribution in [0.15, 0.2) is 4.52 Å². The van der Waals surface area contributed by atoms with E-state index in [9.17, 15) is 0 Å². The maximum atomic E-state index is 5.17. The second kappa shape index (κ2) is 5.72. The Morgan fingerprint density at radius 3 is 2.93 bits per heavy atom. The van der Waals surface area contributed by atoms with E-state index in [1.807, 2.05) is 20.8 Å². The van der Waals surface area contributed by atoms with E-state index in [1.165, 1.54) is 0 Å². The highest BCUT2D eigenvalue weighted by Gasteiger charge is 2.12. The molecule has 0 saturated carbocycles. The van der Waals surface area contributed by atoms with E-state index in [4.69, 9.17) is 9.26 Å². The average Bonchev–Trinajstić information content (AvgIpc) is 2.63. The lowest BCUT2D eigenvalue weighted by molar-refractivity contribution is 0.126. The number of hydrogen-bond acceptors (Lipinski definition) is 5. The minimum absolute atomic E-state index is 0.0999. The summed E-state index contributed by atoms with van der Waals surface area (Å²) >= 11 is 0. The average molecular weight is 199 g/mol. The summed E-state index contributed by atoms with van der Waals surface area (Å²) in [7, 11) is 0. The lowest BCUT2D eigenvalue weighted by atomic mass is 10.3. The van der Waals surface area contributed by atoms with E-state index in [1.54, 1.807) is 0 Å². The van der Waals surface area contributed by atoms with Crippen LogP contribution in [0, 0.1) is 0 Å². The van der Waals surface area contributed by atoms with Crippen molar-refractivity contribution in [2.75, 3.05) is 13.2 Å². The van der Waals surface area contributed by atoms with Gasteiger partial charge in [-0.2, -0.15) is 4.98 Å². The fourth-order valence-corrected chi connectivity index (χ4v) is 1.09. The molecule has 1 aromatic rings. The van der Waals surface area contributed by atoms with E-state index >= 15 is 0 Å². The minimum Gasteiger partial charge on any atom is -0.374 e. The molecule has 0 amide bonds. The molecule has 1 aromatic heterocycles. The Kier molecular flexibility index (Phi) is 4.55. The lowest BCUT2D eigenvalue weighted by Crippen LogP contribution is -2.17. The summed E-state index contributed by atoms with van der Waals surface area (Å²) in [5.41, 5.74) is 0. The van der Waals surface area contributed by atoms with Crippen LogP contribution >= 0.6 is 0 Å². The summed E-state index contributed by atoms with van der Waals surface area (Å²) in [5, 5.41) is 7.00. The molecule has 5 nitrogen and oxygen atoms in total. The molecule has 1 atom stereocenters. The van der Waals surface area contributed by atoms with Crippen molar-refractivity contribution >= 4 is 0 Å². The van der Waals surface area contributed by atoms with Crippen LogP contribution in [-0.4, -0.2) is 23.3 Å². The largest absolute Gasteiger partial charge is 0.374 e. The molecule has 1 unspecified atom stereocenters. The molecule has 0 spiro atoms. The Bertz CT molecular complexity index is 262. The summed E-state index contributed by atoms with van der Waals surface area (Å²) < 4.78 is 10.2. The first-order valence-electron chi connectivity index (χ1n) is 4.91. The van der Waals surface area contributed by atoms with E-state index in [-0.39, 0.29) is 6.04 Å². The Labute approximate surface area is 83.8 Å². The van der Waals surface area contributed by atoms with E-state index in [0.29, 0.717) is 24.9 Å². The number of ether oxygens (including phenoxy) is 1. The first-order valence-corrected chi connectivity index (χ1v) is 4.91. The van der Waals surface area contributed by atoms with Gasteiger partial charge in [0.25, 0.3) is 0 Å². The van der Waals surface area contributed by atoms with Gasteiger partial charge in [0.15, 0.2) is 5.82 Å². The van der Waals surface area contributed by atoms with Gasteiger partial charge in [0.2, 0.25) is 5.89 Å². The molecular formula is C9H17N3O2. The maximum absolute atomic E-state index is 5.17. The zero-order valence-corrected chi connectivity index (χ0v) is 8.91. The van der Waals surface area contributed by atoms with Gasteiger partial charge < -0.3 is 14.6 Å². The highest BCUT2D eigenvalue weighted by Crippen LogP contribution is 2.09.